The summed E-state index contributed by atoms with van der Waals surface area (Å²) in [6.45, 7) is 1.71. The molecule has 1 aromatic heterocycles. The van der Waals surface area contributed by atoms with Crippen molar-refractivity contribution in [1.82, 2.24) is 9.97 Å². The lowest BCUT2D eigenvalue weighted by atomic mass is 10.5. The molecule has 0 fully saturated rings. The number of methoxy groups -OCH3 is 2. The van der Waals surface area contributed by atoms with Crippen molar-refractivity contribution in [2.75, 3.05) is 40.6 Å². The molecule has 7 nitrogen and oxygen atoms in total. The van der Waals surface area contributed by atoms with Crippen molar-refractivity contribution in [3.8, 4) is 11.6 Å². The predicted molar refractivity (Wildman–Crippen MR) is 59.6 cm³/mol. The highest BCUT2D eigenvalue weighted by Crippen LogP contribution is 2.16. The average Bonchev–Trinajstić information content (AvgIpc) is 2.34. The Morgan fingerprint density at radius 2 is 2.00 bits per heavy atom. The highest BCUT2D eigenvalue weighted by atomic mass is 16.6. The molecular formula is C10H16N2O5. The van der Waals surface area contributed by atoms with E-state index >= 15 is 0 Å². The highest BCUT2D eigenvalue weighted by Gasteiger charge is 2.09. The Morgan fingerprint density at radius 3 is 2.71 bits per heavy atom. The van der Waals surface area contributed by atoms with Gasteiger partial charge in [-0.05, 0) is 0 Å². The highest BCUT2D eigenvalue weighted by molar-refractivity contribution is 5.29. The summed E-state index contributed by atoms with van der Waals surface area (Å²) in [6, 6.07) is 0. The van der Waals surface area contributed by atoms with Crippen LogP contribution in [0, 0.1) is 0 Å². The van der Waals surface area contributed by atoms with Gasteiger partial charge in [-0.3, -0.25) is 4.79 Å². The summed E-state index contributed by atoms with van der Waals surface area (Å²) >= 11 is 0. The van der Waals surface area contributed by atoms with Gasteiger partial charge in [0.15, 0.2) is 0 Å². The van der Waals surface area contributed by atoms with Crippen LogP contribution in [0.15, 0.2) is 11.1 Å². The van der Waals surface area contributed by atoms with Gasteiger partial charge in [0.25, 0.3) is 11.4 Å². The van der Waals surface area contributed by atoms with Gasteiger partial charge in [-0.25, -0.2) is 4.98 Å². The van der Waals surface area contributed by atoms with E-state index in [-0.39, 0.29) is 23.8 Å². The molecule has 0 radical (unpaired) electrons. The van der Waals surface area contributed by atoms with Crippen molar-refractivity contribution in [3.05, 3.63) is 16.7 Å². The van der Waals surface area contributed by atoms with Gasteiger partial charge in [-0.2, -0.15) is 0 Å². The maximum atomic E-state index is 11.3. The smallest absolute Gasteiger partial charge is 0.297 e. The second-order valence-corrected chi connectivity index (χ2v) is 3.02. The third-order valence-electron chi connectivity index (χ3n) is 1.88. The molecule has 1 heterocycles. The van der Waals surface area contributed by atoms with Crippen LogP contribution < -0.4 is 15.0 Å². The zero-order valence-electron chi connectivity index (χ0n) is 9.89. The molecule has 17 heavy (non-hydrogen) atoms. The quantitative estimate of drug-likeness (QED) is 0.639. The molecule has 0 saturated carbocycles. The van der Waals surface area contributed by atoms with Crippen LogP contribution in [-0.2, 0) is 9.47 Å². The normalized spacial score (nSPS) is 10.2. The van der Waals surface area contributed by atoms with E-state index in [1.165, 1.54) is 13.4 Å². The lowest BCUT2D eigenvalue weighted by Gasteiger charge is -2.08. The fourth-order valence-corrected chi connectivity index (χ4v) is 1.10. The van der Waals surface area contributed by atoms with Crippen LogP contribution in [0.3, 0.4) is 0 Å². The van der Waals surface area contributed by atoms with Gasteiger partial charge in [0, 0.05) is 7.11 Å². The fraction of sp³-hybridized carbons (Fsp3) is 0.600. The van der Waals surface area contributed by atoms with Crippen molar-refractivity contribution in [3.63, 3.8) is 0 Å². The summed E-state index contributed by atoms with van der Waals surface area (Å²) < 4.78 is 20.2. The minimum atomic E-state index is -0.377. The van der Waals surface area contributed by atoms with E-state index in [4.69, 9.17) is 18.9 Å². The SMILES string of the molecule is COCCOCCOc1nc[nH]c(=O)c1OC. The van der Waals surface area contributed by atoms with Crippen LogP contribution in [0.1, 0.15) is 0 Å². The van der Waals surface area contributed by atoms with Crippen LogP contribution in [-0.4, -0.2) is 50.6 Å². The summed E-state index contributed by atoms with van der Waals surface area (Å²) in [5.74, 6) is 0.219. The molecule has 0 aliphatic rings. The van der Waals surface area contributed by atoms with E-state index in [0.29, 0.717) is 19.8 Å². The molecule has 0 saturated heterocycles. The van der Waals surface area contributed by atoms with Crippen molar-refractivity contribution < 1.29 is 18.9 Å². The largest absolute Gasteiger partial charge is 0.487 e. The number of nitrogens with zero attached hydrogens (tertiary/aromatic N) is 1. The second-order valence-electron chi connectivity index (χ2n) is 3.02. The molecule has 0 atom stereocenters. The summed E-state index contributed by atoms with van der Waals surface area (Å²) in [7, 11) is 2.99. The first-order valence-electron chi connectivity index (χ1n) is 5.10. The third-order valence-corrected chi connectivity index (χ3v) is 1.88. The summed E-state index contributed by atoms with van der Waals surface area (Å²) in [4.78, 5) is 17.5. The molecule has 0 amide bonds. The molecule has 1 aromatic rings. The van der Waals surface area contributed by atoms with Gasteiger partial charge in [0.05, 0.1) is 33.3 Å². The van der Waals surface area contributed by atoms with Gasteiger partial charge in [-0.15, -0.1) is 0 Å². The molecule has 7 heteroatoms. The number of hydrogen-bond donors (Lipinski definition) is 1. The third kappa shape index (κ3) is 4.41. The average molecular weight is 244 g/mol. The van der Waals surface area contributed by atoms with Gasteiger partial charge < -0.3 is 23.9 Å². The first kappa shape index (κ1) is 13.5. The first-order valence-corrected chi connectivity index (χ1v) is 5.10. The Hall–Kier alpha value is -1.60. The zero-order valence-corrected chi connectivity index (χ0v) is 9.89. The number of aromatic amines is 1. The molecule has 1 N–H and O–H groups in total. The summed E-state index contributed by atoms with van der Waals surface area (Å²) in [6.07, 6.45) is 1.26. The fourth-order valence-electron chi connectivity index (χ4n) is 1.10. The molecule has 0 bridgehead atoms. The molecular weight excluding hydrogens is 228 g/mol. The molecule has 0 aromatic carbocycles. The topological polar surface area (TPSA) is 82.7 Å². The number of nitrogens with one attached hydrogen (secondary N) is 1. The molecule has 0 spiro atoms. The first-order chi connectivity index (χ1) is 8.29. The Labute approximate surface area is 98.7 Å². The van der Waals surface area contributed by atoms with Crippen LogP contribution in [0.4, 0.5) is 0 Å². The minimum absolute atomic E-state index is 0.0596. The number of rotatable bonds is 8. The molecule has 0 aliphatic carbocycles. The monoisotopic (exact) mass is 244 g/mol. The zero-order chi connectivity index (χ0) is 12.5. The maximum Gasteiger partial charge on any atom is 0.297 e. The van der Waals surface area contributed by atoms with E-state index in [9.17, 15) is 4.79 Å². The molecule has 1 rings (SSSR count). The summed E-state index contributed by atoms with van der Waals surface area (Å²) in [5.41, 5.74) is -0.377. The maximum absolute atomic E-state index is 11.3. The number of ether oxygens (including phenoxy) is 4. The van der Waals surface area contributed by atoms with Crippen molar-refractivity contribution in [2.24, 2.45) is 0 Å². The minimum Gasteiger partial charge on any atom is -0.487 e. The van der Waals surface area contributed by atoms with Crippen LogP contribution >= 0.6 is 0 Å². The Bertz CT molecular complexity index is 379. The van der Waals surface area contributed by atoms with Gasteiger partial charge >= 0.3 is 0 Å². The van der Waals surface area contributed by atoms with Crippen LogP contribution in [0.25, 0.3) is 0 Å². The van der Waals surface area contributed by atoms with Crippen molar-refractivity contribution in [1.29, 1.82) is 0 Å². The Morgan fingerprint density at radius 1 is 1.24 bits per heavy atom. The van der Waals surface area contributed by atoms with Gasteiger partial charge in [-0.1, -0.05) is 0 Å². The lowest BCUT2D eigenvalue weighted by molar-refractivity contribution is 0.0531. The van der Waals surface area contributed by atoms with Crippen molar-refractivity contribution in [2.45, 2.75) is 0 Å². The standard InChI is InChI=1S/C10H16N2O5/c1-14-3-4-16-5-6-17-10-8(15-2)9(13)11-7-12-10/h7H,3-6H2,1-2H3,(H,11,12,13). The predicted octanol–water partition coefficient (Wildman–Crippen LogP) is -0.180. The van der Waals surface area contributed by atoms with Gasteiger partial charge in [0.1, 0.15) is 6.61 Å². The van der Waals surface area contributed by atoms with E-state index in [1.54, 1.807) is 7.11 Å². The van der Waals surface area contributed by atoms with E-state index in [1.807, 2.05) is 0 Å². The van der Waals surface area contributed by atoms with E-state index in [0.717, 1.165) is 0 Å². The van der Waals surface area contributed by atoms with Crippen molar-refractivity contribution >= 4 is 0 Å². The molecule has 0 unspecified atom stereocenters. The number of hydrogen-bond acceptors (Lipinski definition) is 6. The van der Waals surface area contributed by atoms with Crippen LogP contribution in [0.2, 0.25) is 0 Å². The second kappa shape index (κ2) is 7.64. The summed E-state index contributed by atoms with van der Waals surface area (Å²) in [5, 5.41) is 0. The van der Waals surface area contributed by atoms with E-state index in [2.05, 4.69) is 9.97 Å². The number of aromatic nitrogens is 2. The molecule has 0 aliphatic heterocycles. The Kier molecular flexibility index (Phi) is 6.05. The Balaban J connectivity index is 2.36. The molecule has 96 valence electrons. The number of H-pyrrole nitrogens is 1. The van der Waals surface area contributed by atoms with E-state index < -0.39 is 0 Å². The van der Waals surface area contributed by atoms with Gasteiger partial charge in [0.2, 0.25) is 5.75 Å². The lowest BCUT2D eigenvalue weighted by Crippen LogP contribution is -2.15. The van der Waals surface area contributed by atoms with Crippen LogP contribution in [0.5, 0.6) is 11.6 Å².